The second kappa shape index (κ2) is 5.63. The highest BCUT2D eigenvalue weighted by atomic mass is 35.5. The van der Waals surface area contributed by atoms with Gasteiger partial charge < -0.3 is 5.32 Å². The van der Waals surface area contributed by atoms with Crippen LogP contribution in [0.5, 0.6) is 0 Å². The van der Waals surface area contributed by atoms with Crippen LogP contribution in [0.3, 0.4) is 0 Å². The standard InChI is InChI=1S/C16H21Cl2N/c1-19-16(14-7-10-2-3-11(14)6-10)9-12-8-13(17)4-5-15(12)18/h4-5,8,10-11,14,16,19H,2-3,6-7,9H2,1H3. The van der Waals surface area contributed by atoms with Crippen LogP contribution in [-0.2, 0) is 6.42 Å². The van der Waals surface area contributed by atoms with Crippen molar-refractivity contribution in [2.24, 2.45) is 17.8 Å². The Morgan fingerprint density at radius 3 is 2.74 bits per heavy atom. The Morgan fingerprint density at radius 1 is 1.26 bits per heavy atom. The normalized spacial score (nSPS) is 30.8. The van der Waals surface area contributed by atoms with Crippen molar-refractivity contribution in [3.05, 3.63) is 33.8 Å². The van der Waals surface area contributed by atoms with E-state index in [9.17, 15) is 0 Å². The monoisotopic (exact) mass is 297 g/mol. The van der Waals surface area contributed by atoms with E-state index in [4.69, 9.17) is 23.2 Å². The molecule has 4 atom stereocenters. The van der Waals surface area contributed by atoms with E-state index in [2.05, 4.69) is 12.4 Å². The first-order valence-electron chi connectivity index (χ1n) is 7.28. The summed E-state index contributed by atoms with van der Waals surface area (Å²) in [5.41, 5.74) is 1.18. The smallest absolute Gasteiger partial charge is 0.0439 e. The van der Waals surface area contributed by atoms with Crippen LogP contribution < -0.4 is 5.32 Å². The summed E-state index contributed by atoms with van der Waals surface area (Å²) in [5, 5.41) is 5.14. The highest BCUT2D eigenvalue weighted by molar-refractivity contribution is 6.33. The predicted octanol–water partition coefficient (Wildman–Crippen LogP) is 4.56. The van der Waals surface area contributed by atoms with Gasteiger partial charge in [-0.2, -0.15) is 0 Å². The molecule has 0 radical (unpaired) electrons. The first-order chi connectivity index (χ1) is 9.17. The highest BCUT2D eigenvalue weighted by Crippen LogP contribution is 2.50. The number of hydrogen-bond donors (Lipinski definition) is 1. The van der Waals surface area contributed by atoms with Gasteiger partial charge in [0.1, 0.15) is 0 Å². The van der Waals surface area contributed by atoms with Crippen LogP contribution >= 0.6 is 23.2 Å². The molecule has 2 saturated carbocycles. The van der Waals surface area contributed by atoms with E-state index < -0.39 is 0 Å². The molecule has 1 aromatic rings. The van der Waals surface area contributed by atoms with E-state index in [0.29, 0.717) is 6.04 Å². The summed E-state index contributed by atoms with van der Waals surface area (Å²) < 4.78 is 0. The number of likely N-dealkylation sites (N-methyl/N-ethyl adjacent to an activating group) is 1. The zero-order chi connectivity index (χ0) is 13.4. The molecule has 0 aliphatic heterocycles. The van der Waals surface area contributed by atoms with Crippen molar-refractivity contribution in [2.75, 3.05) is 7.05 Å². The SMILES string of the molecule is CNC(Cc1cc(Cl)ccc1Cl)C1CC2CCC1C2. The molecule has 1 aromatic carbocycles. The van der Waals surface area contributed by atoms with Gasteiger partial charge in [-0.3, -0.25) is 0 Å². The van der Waals surface area contributed by atoms with Gasteiger partial charge in [0, 0.05) is 16.1 Å². The van der Waals surface area contributed by atoms with Gasteiger partial charge >= 0.3 is 0 Å². The summed E-state index contributed by atoms with van der Waals surface area (Å²) in [7, 11) is 2.08. The van der Waals surface area contributed by atoms with Crippen LogP contribution in [0.4, 0.5) is 0 Å². The largest absolute Gasteiger partial charge is 0.316 e. The average Bonchev–Trinajstić information content (AvgIpc) is 3.02. The number of hydrogen-bond acceptors (Lipinski definition) is 1. The summed E-state index contributed by atoms with van der Waals surface area (Å²) >= 11 is 12.4. The Labute approximate surface area is 125 Å². The number of halogens is 2. The second-order valence-electron chi connectivity index (χ2n) is 6.17. The van der Waals surface area contributed by atoms with E-state index in [1.54, 1.807) is 0 Å². The maximum absolute atomic E-state index is 6.30. The van der Waals surface area contributed by atoms with Gasteiger partial charge in [0.25, 0.3) is 0 Å². The molecule has 19 heavy (non-hydrogen) atoms. The topological polar surface area (TPSA) is 12.0 Å². The Balaban J connectivity index is 1.74. The van der Waals surface area contributed by atoms with Crippen LogP contribution in [0.25, 0.3) is 0 Å². The molecule has 3 rings (SSSR count). The molecular weight excluding hydrogens is 277 g/mol. The van der Waals surface area contributed by atoms with Crippen molar-refractivity contribution in [1.29, 1.82) is 0 Å². The van der Waals surface area contributed by atoms with E-state index in [-0.39, 0.29) is 0 Å². The van der Waals surface area contributed by atoms with Crippen molar-refractivity contribution in [3.8, 4) is 0 Å². The highest BCUT2D eigenvalue weighted by Gasteiger charge is 2.42. The lowest BCUT2D eigenvalue weighted by molar-refractivity contribution is 0.255. The zero-order valence-electron chi connectivity index (χ0n) is 11.3. The van der Waals surface area contributed by atoms with Gasteiger partial charge in [0.05, 0.1) is 0 Å². The number of rotatable bonds is 4. The minimum atomic E-state index is 0.534. The summed E-state index contributed by atoms with van der Waals surface area (Å²) in [6.07, 6.45) is 6.72. The van der Waals surface area contributed by atoms with Crippen molar-refractivity contribution in [1.82, 2.24) is 5.32 Å². The van der Waals surface area contributed by atoms with E-state index in [1.165, 1.54) is 31.2 Å². The maximum Gasteiger partial charge on any atom is 0.0439 e. The Kier molecular flexibility index (Phi) is 4.07. The van der Waals surface area contributed by atoms with Crippen LogP contribution in [0.15, 0.2) is 18.2 Å². The fraction of sp³-hybridized carbons (Fsp3) is 0.625. The number of benzene rings is 1. The molecule has 104 valence electrons. The van der Waals surface area contributed by atoms with Crippen LogP contribution in [0.2, 0.25) is 10.0 Å². The minimum Gasteiger partial charge on any atom is -0.316 e. The first kappa shape index (κ1) is 13.7. The van der Waals surface area contributed by atoms with Crippen molar-refractivity contribution >= 4 is 23.2 Å². The van der Waals surface area contributed by atoms with Crippen molar-refractivity contribution in [2.45, 2.75) is 38.1 Å². The fourth-order valence-electron chi connectivity index (χ4n) is 4.19. The molecule has 4 unspecified atom stereocenters. The van der Waals surface area contributed by atoms with Crippen LogP contribution in [0.1, 0.15) is 31.2 Å². The second-order valence-corrected chi connectivity index (χ2v) is 7.02. The third-order valence-electron chi connectivity index (χ3n) is 5.13. The molecule has 0 aromatic heterocycles. The quantitative estimate of drug-likeness (QED) is 0.859. The Hall–Kier alpha value is -0.240. The van der Waals surface area contributed by atoms with Gasteiger partial charge in [0.2, 0.25) is 0 Å². The molecule has 0 heterocycles. The number of nitrogens with one attached hydrogen (secondary N) is 1. The lowest BCUT2D eigenvalue weighted by Gasteiger charge is -2.30. The third-order valence-corrected chi connectivity index (χ3v) is 5.73. The lowest BCUT2D eigenvalue weighted by atomic mass is 9.81. The lowest BCUT2D eigenvalue weighted by Crippen LogP contribution is -2.38. The van der Waals surface area contributed by atoms with E-state index in [1.807, 2.05) is 18.2 Å². The molecule has 0 amide bonds. The van der Waals surface area contributed by atoms with Crippen molar-refractivity contribution < 1.29 is 0 Å². The fourth-order valence-corrected chi connectivity index (χ4v) is 4.58. The van der Waals surface area contributed by atoms with Crippen LogP contribution in [-0.4, -0.2) is 13.1 Å². The van der Waals surface area contributed by atoms with Gasteiger partial charge in [-0.05, 0) is 74.2 Å². The number of fused-ring (bicyclic) bond motifs is 2. The molecule has 1 N–H and O–H groups in total. The van der Waals surface area contributed by atoms with Gasteiger partial charge in [-0.1, -0.05) is 29.6 Å². The zero-order valence-corrected chi connectivity index (χ0v) is 12.8. The molecular formula is C16H21Cl2N. The summed E-state index contributed by atoms with van der Waals surface area (Å²) in [4.78, 5) is 0. The van der Waals surface area contributed by atoms with Crippen molar-refractivity contribution in [3.63, 3.8) is 0 Å². The third kappa shape index (κ3) is 2.79. The predicted molar refractivity (Wildman–Crippen MR) is 82.0 cm³/mol. The Morgan fingerprint density at radius 2 is 2.11 bits per heavy atom. The summed E-state index contributed by atoms with van der Waals surface area (Å²) in [5.74, 6) is 2.74. The molecule has 2 aliphatic rings. The minimum absolute atomic E-state index is 0.534. The first-order valence-corrected chi connectivity index (χ1v) is 8.04. The Bertz CT molecular complexity index is 460. The van der Waals surface area contributed by atoms with E-state index >= 15 is 0 Å². The molecule has 0 spiro atoms. The van der Waals surface area contributed by atoms with Gasteiger partial charge in [0.15, 0.2) is 0 Å². The molecule has 1 nitrogen and oxygen atoms in total. The van der Waals surface area contributed by atoms with E-state index in [0.717, 1.165) is 34.2 Å². The molecule has 2 bridgehead atoms. The molecule has 0 saturated heterocycles. The van der Waals surface area contributed by atoms with Gasteiger partial charge in [-0.15, -0.1) is 0 Å². The van der Waals surface area contributed by atoms with Gasteiger partial charge in [-0.25, -0.2) is 0 Å². The molecule has 3 heteroatoms. The van der Waals surface area contributed by atoms with Crippen LogP contribution in [0, 0.1) is 17.8 Å². The maximum atomic E-state index is 6.30. The summed E-state index contributed by atoms with van der Waals surface area (Å²) in [6.45, 7) is 0. The average molecular weight is 298 g/mol. The molecule has 2 fully saturated rings. The summed E-state index contributed by atoms with van der Waals surface area (Å²) in [6, 6.07) is 6.32. The molecule has 2 aliphatic carbocycles.